The van der Waals surface area contributed by atoms with Crippen molar-refractivity contribution in [1.29, 1.82) is 0 Å². The lowest BCUT2D eigenvalue weighted by atomic mass is 9.86. The Balaban J connectivity index is 0.989. The fourth-order valence-electron chi connectivity index (χ4n) is 8.81. The smallest absolute Gasteiger partial charge is 0.143 e. The van der Waals surface area contributed by atoms with Gasteiger partial charge in [-0.2, -0.15) is 0 Å². The van der Waals surface area contributed by atoms with Crippen molar-refractivity contribution in [2.75, 3.05) is 4.90 Å². The topological polar surface area (TPSA) is 16.4 Å². The van der Waals surface area contributed by atoms with Crippen molar-refractivity contribution in [3.8, 4) is 22.3 Å². The van der Waals surface area contributed by atoms with Gasteiger partial charge < -0.3 is 9.32 Å². The van der Waals surface area contributed by atoms with Crippen LogP contribution in [0.15, 0.2) is 205 Å². The van der Waals surface area contributed by atoms with Gasteiger partial charge in [-0.25, -0.2) is 0 Å². The van der Waals surface area contributed by atoms with E-state index < -0.39 is 0 Å². The summed E-state index contributed by atoms with van der Waals surface area (Å²) in [6, 6.07) is 70.4. The molecule has 264 valence electrons. The normalized spacial score (nSPS) is 12.6. The molecule has 56 heavy (non-hydrogen) atoms. The van der Waals surface area contributed by atoms with E-state index in [2.05, 4.69) is 193 Å². The molecule has 0 aliphatic heterocycles. The van der Waals surface area contributed by atoms with Crippen LogP contribution >= 0.6 is 0 Å². The highest BCUT2D eigenvalue weighted by molar-refractivity contribution is 6.13. The van der Waals surface area contributed by atoms with Crippen molar-refractivity contribution in [3.63, 3.8) is 0 Å². The van der Waals surface area contributed by atoms with E-state index in [1.165, 1.54) is 54.9 Å². The van der Waals surface area contributed by atoms with Crippen LogP contribution in [-0.2, 0) is 6.42 Å². The Kier molecular flexibility index (Phi) is 7.67. The van der Waals surface area contributed by atoms with E-state index in [1.807, 2.05) is 12.1 Å². The molecule has 2 nitrogen and oxygen atoms in total. The molecule has 2 heteroatoms. The number of fused-ring (bicyclic) bond motifs is 7. The first-order chi connectivity index (χ1) is 27.8. The third-order valence-corrected chi connectivity index (χ3v) is 11.6. The molecule has 0 fully saturated rings. The fourth-order valence-corrected chi connectivity index (χ4v) is 8.81. The SMILES string of the molecule is C1=C(c2ccc(-c3ccc(N(c4ccc(-c5cccc6c5oc5ccccc56)cc4)c4cccc5c4ccc4ccccc45)cc3)cc2)c2ccccc2CC1. The molecule has 0 radical (unpaired) electrons. The Morgan fingerprint density at radius 1 is 0.393 bits per heavy atom. The third kappa shape index (κ3) is 5.41. The van der Waals surface area contributed by atoms with Crippen LogP contribution in [0.2, 0.25) is 0 Å². The lowest BCUT2D eigenvalue weighted by Gasteiger charge is -2.27. The number of furan rings is 1. The van der Waals surface area contributed by atoms with Crippen LogP contribution in [0.25, 0.3) is 71.3 Å². The molecule has 0 unspecified atom stereocenters. The number of aryl methyl sites for hydroxylation is 1. The zero-order valence-corrected chi connectivity index (χ0v) is 30.8. The van der Waals surface area contributed by atoms with E-state index >= 15 is 0 Å². The molecule has 1 heterocycles. The predicted molar refractivity (Wildman–Crippen MR) is 236 cm³/mol. The van der Waals surface area contributed by atoms with Crippen LogP contribution < -0.4 is 4.90 Å². The van der Waals surface area contributed by atoms with Gasteiger partial charge in [0, 0.05) is 33.1 Å². The van der Waals surface area contributed by atoms with Gasteiger partial charge in [-0.05, 0) is 104 Å². The number of hydrogen-bond donors (Lipinski definition) is 0. The second-order valence-electron chi connectivity index (χ2n) is 14.8. The van der Waals surface area contributed by atoms with Crippen molar-refractivity contribution in [2.24, 2.45) is 0 Å². The largest absolute Gasteiger partial charge is 0.455 e. The van der Waals surface area contributed by atoms with Gasteiger partial charge in [0.05, 0.1) is 5.69 Å². The summed E-state index contributed by atoms with van der Waals surface area (Å²) in [6.07, 6.45) is 4.58. The Morgan fingerprint density at radius 2 is 1.00 bits per heavy atom. The van der Waals surface area contributed by atoms with Crippen LogP contribution in [-0.4, -0.2) is 0 Å². The average Bonchev–Trinajstić information content (AvgIpc) is 3.66. The summed E-state index contributed by atoms with van der Waals surface area (Å²) in [7, 11) is 0. The third-order valence-electron chi connectivity index (χ3n) is 11.6. The molecule has 0 atom stereocenters. The summed E-state index contributed by atoms with van der Waals surface area (Å²) >= 11 is 0. The summed E-state index contributed by atoms with van der Waals surface area (Å²) < 4.78 is 6.42. The van der Waals surface area contributed by atoms with Gasteiger partial charge in [-0.3, -0.25) is 0 Å². The first-order valence-corrected chi connectivity index (χ1v) is 19.5. The quantitative estimate of drug-likeness (QED) is 0.159. The lowest BCUT2D eigenvalue weighted by Crippen LogP contribution is -2.10. The molecule has 1 aromatic heterocycles. The van der Waals surface area contributed by atoms with Crippen LogP contribution in [0.1, 0.15) is 23.1 Å². The van der Waals surface area contributed by atoms with Gasteiger partial charge in [0.25, 0.3) is 0 Å². The Morgan fingerprint density at radius 3 is 1.82 bits per heavy atom. The van der Waals surface area contributed by atoms with Crippen LogP contribution in [0.3, 0.4) is 0 Å². The van der Waals surface area contributed by atoms with Gasteiger partial charge in [-0.1, -0.05) is 164 Å². The van der Waals surface area contributed by atoms with Crippen LogP contribution in [0, 0.1) is 0 Å². The summed E-state index contributed by atoms with van der Waals surface area (Å²) in [5, 5.41) is 7.23. The summed E-state index contributed by atoms with van der Waals surface area (Å²) in [4.78, 5) is 2.39. The maximum absolute atomic E-state index is 6.42. The molecule has 0 spiro atoms. The molecule has 0 N–H and O–H groups in total. The van der Waals surface area contributed by atoms with Crippen molar-refractivity contribution in [3.05, 3.63) is 217 Å². The molecule has 0 saturated heterocycles. The molecule has 10 aromatic rings. The molecule has 9 aromatic carbocycles. The van der Waals surface area contributed by atoms with E-state index in [9.17, 15) is 0 Å². The second kappa shape index (κ2) is 13.3. The number of hydrogen-bond acceptors (Lipinski definition) is 2. The predicted octanol–water partition coefficient (Wildman–Crippen LogP) is 15.1. The van der Waals surface area contributed by atoms with E-state index in [0.29, 0.717) is 0 Å². The number of rotatable bonds is 6. The Hall–Kier alpha value is -7.16. The fraction of sp³-hybridized carbons (Fsp3) is 0.0370. The van der Waals surface area contributed by atoms with E-state index in [1.54, 1.807) is 0 Å². The monoisotopic (exact) mass is 715 g/mol. The number of benzene rings is 9. The van der Waals surface area contributed by atoms with Crippen molar-refractivity contribution >= 4 is 66.1 Å². The minimum absolute atomic E-state index is 0.910. The van der Waals surface area contributed by atoms with Crippen molar-refractivity contribution in [1.82, 2.24) is 0 Å². The van der Waals surface area contributed by atoms with Gasteiger partial charge in [-0.15, -0.1) is 0 Å². The molecular weight excluding hydrogens is 679 g/mol. The maximum atomic E-state index is 6.42. The Labute approximate surface area is 326 Å². The van der Waals surface area contributed by atoms with Gasteiger partial charge >= 0.3 is 0 Å². The molecule has 1 aliphatic rings. The standard InChI is InChI=1S/C54H37NO/c1-3-13-44-38(10-1)12-7-16-45(44)40-24-22-36(23-25-40)37-26-31-42(32-27-37)55(52-20-9-18-48-46-14-4-2-11-39(46)30-35-49(48)52)43-33-28-41(29-34-43)47-17-8-19-51-50-15-5-6-21-53(50)56-54(47)51/h1-6,8-11,13-35H,7,12H2. The molecule has 0 bridgehead atoms. The van der Waals surface area contributed by atoms with E-state index in [-0.39, 0.29) is 0 Å². The molecular formula is C54H37NO. The van der Waals surface area contributed by atoms with Gasteiger partial charge in [0.15, 0.2) is 0 Å². The minimum Gasteiger partial charge on any atom is -0.455 e. The second-order valence-corrected chi connectivity index (χ2v) is 14.8. The van der Waals surface area contributed by atoms with Gasteiger partial charge in [0.1, 0.15) is 11.2 Å². The Bertz CT molecular complexity index is 3110. The van der Waals surface area contributed by atoms with Crippen LogP contribution in [0.5, 0.6) is 0 Å². The number of allylic oxidation sites excluding steroid dienone is 1. The minimum atomic E-state index is 0.910. The summed E-state index contributed by atoms with van der Waals surface area (Å²) in [5.74, 6) is 0. The molecule has 0 saturated carbocycles. The zero-order valence-electron chi connectivity index (χ0n) is 30.8. The number of nitrogens with zero attached hydrogens (tertiary/aromatic N) is 1. The zero-order chi connectivity index (χ0) is 37.0. The number of anilines is 3. The van der Waals surface area contributed by atoms with Crippen molar-refractivity contribution in [2.45, 2.75) is 12.8 Å². The summed E-state index contributed by atoms with van der Waals surface area (Å²) in [6.45, 7) is 0. The molecule has 1 aliphatic carbocycles. The lowest BCUT2D eigenvalue weighted by molar-refractivity contribution is 0.670. The van der Waals surface area contributed by atoms with Crippen LogP contribution in [0.4, 0.5) is 17.1 Å². The first kappa shape index (κ1) is 32.3. The first-order valence-electron chi connectivity index (χ1n) is 19.5. The van der Waals surface area contributed by atoms with E-state index in [4.69, 9.17) is 4.42 Å². The highest BCUT2D eigenvalue weighted by atomic mass is 16.3. The molecule has 11 rings (SSSR count). The number of para-hydroxylation sites is 2. The highest BCUT2D eigenvalue weighted by Gasteiger charge is 2.19. The maximum Gasteiger partial charge on any atom is 0.143 e. The average molecular weight is 716 g/mol. The summed E-state index contributed by atoms with van der Waals surface area (Å²) in [5.41, 5.74) is 15.2. The van der Waals surface area contributed by atoms with Crippen molar-refractivity contribution < 1.29 is 4.42 Å². The highest BCUT2D eigenvalue weighted by Crippen LogP contribution is 2.43. The molecule has 0 amide bonds. The van der Waals surface area contributed by atoms with E-state index in [0.717, 1.165) is 63.0 Å². The van der Waals surface area contributed by atoms with Gasteiger partial charge in [0.2, 0.25) is 0 Å².